The van der Waals surface area contributed by atoms with Crippen LogP contribution >= 0.6 is 0 Å². The molecule has 0 saturated heterocycles. The summed E-state index contributed by atoms with van der Waals surface area (Å²) >= 11 is 0. The molecule has 0 bridgehead atoms. The van der Waals surface area contributed by atoms with Gasteiger partial charge in [-0.15, -0.1) is 0 Å². The molecule has 160 valence electrons. The summed E-state index contributed by atoms with van der Waals surface area (Å²) in [7, 11) is 2.92. The Morgan fingerprint density at radius 1 is 1.23 bits per heavy atom. The lowest BCUT2D eigenvalue weighted by Gasteiger charge is -2.14. The minimum atomic E-state index is -0.387. The van der Waals surface area contributed by atoms with E-state index in [4.69, 9.17) is 18.9 Å². The first-order valence-electron chi connectivity index (χ1n) is 9.72. The smallest absolute Gasteiger partial charge is 0.273 e. The molecule has 1 aliphatic rings. The predicted octanol–water partition coefficient (Wildman–Crippen LogP) is 2.69. The van der Waals surface area contributed by atoms with Crippen molar-refractivity contribution in [3.05, 3.63) is 52.4 Å². The zero-order valence-electron chi connectivity index (χ0n) is 17.6. The van der Waals surface area contributed by atoms with Crippen LogP contribution in [0.15, 0.2) is 39.1 Å². The number of nitrogens with one attached hydrogen (secondary N) is 1. The number of nitrogens with zero attached hydrogens (tertiary/aromatic N) is 3. The molecule has 1 aromatic carbocycles. The Bertz CT molecular complexity index is 927. The van der Waals surface area contributed by atoms with Crippen LogP contribution in [0, 0.1) is 19.8 Å². The van der Waals surface area contributed by atoms with Gasteiger partial charge in [-0.05, 0) is 43.8 Å². The number of rotatable bonds is 9. The molecular formula is C21H26N4O5. The number of oxime groups is 2. The molecule has 0 radical (unpaired) electrons. The molecule has 9 heteroatoms. The molecule has 1 heterocycles. The molecule has 1 saturated carbocycles. The number of likely N-dealkylation sites (N-methyl/N-ethyl adjacent to an activating group) is 1. The number of amides is 1. The van der Waals surface area contributed by atoms with Gasteiger partial charge in [0.05, 0.1) is 17.9 Å². The van der Waals surface area contributed by atoms with Crippen LogP contribution in [-0.4, -0.2) is 43.4 Å². The van der Waals surface area contributed by atoms with Crippen molar-refractivity contribution in [3.8, 4) is 0 Å². The van der Waals surface area contributed by atoms with Crippen LogP contribution in [0.25, 0.3) is 0 Å². The van der Waals surface area contributed by atoms with Gasteiger partial charge in [-0.2, -0.15) is 0 Å². The number of ether oxygens (including phenoxy) is 1. The van der Waals surface area contributed by atoms with Crippen LogP contribution in [0.2, 0.25) is 0 Å². The SMILES string of the molecule is CNC(=O)C(=NOC)c1ccccc1C(=NOCc1c(C)noc1C)OCC1CC1. The van der Waals surface area contributed by atoms with E-state index in [9.17, 15) is 4.79 Å². The Balaban J connectivity index is 1.91. The third-order valence-corrected chi connectivity index (χ3v) is 4.73. The summed E-state index contributed by atoms with van der Waals surface area (Å²) in [5, 5.41) is 14.6. The largest absolute Gasteiger partial charge is 0.475 e. The number of carbonyl (C=O) groups excluding carboxylic acids is 1. The van der Waals surface area contributed by atoms with Gasteiger partial charge < -0.3 is 24.3 Å². The molecule has 0 aliphatic heterocycles. The van der Waals surface area contributed by atoms with Gasteiger partial charge in [0.1, 0.15) is 19.5 Å². The number of carbonyl (C=O) groups is 1. The first-order chi connectivity index (χ1) is 14.5. The second-order valence-corrected chi connectivity index (χ2v) is 6.97. The zero-order valence-corrected chi connectivity index (χ0v) is 17.6. The highest BCUT2D eigenvalue weighted by molar-refractivity contribution is 6.46. The summed E-state index contributed by atoms with van der Waals surface area (Å²) in [6.07, 6.45) is 2.26. The third kappa shape index (κ3) is 5.16. The van der Waals surface area contributed by atoms with Gasteiger partial charge in [0.15, 0.2) is 5.71 Å². The molecule has 9 nitrogen and oxygen atoms in total. The van der Waals surface area contributed by atoms with E-state index in [1.54, 1.807) is 18.2 Å². The number of hydrogen-bond acceptors (Lipinski definition) is 8. The average Bonchev–Trinajstić information content (AvgIpc) is 3.54. The lowest BCUT2D eigenvalue weighted by atomic mass is 10.0. The monoisotopic (exact) mass is 414 g/mol. The van der Waals surface area contributed by atoms with Crippen molar-refractivity contribution in [3.63, 3.8) is 0 Å². The van der Waals surface area contributed by atoms with Crippen LogP contribution in [0.5, 0.6) is 0 Å². The second kappa shape index (κ2) is 9.91. The van der Waals surface area contributed by atoms with Crippen LogP contribution < -0.4 is 5.32 Å². The zero-order chi connectivity index (χ0) is 21.5. The van der Waals surface area contributed by atoms with E-state index in [0.717, 1.165) is 24.1 Å². The minimum absolute atomic E-state index is 0.115. The van der Waals surface area contributed by atoms with Crippen molar-refractivity contribution in [2.24, 2.45) is 16.2 Å². The summed E-state index contributed by atoms with van der Waals surface area (Å²) in [5.74, 6) is 1.08. The lowest BCUT2D eigenvalue weighted by molar-refractivity contribution is -0.114. The highest BCUT2D eigenvalue weighted by Crippen LogP contribution is 2.29. The van der Waals surface area contributed by atoms with Gasteiger partial charge in [-0.3, -0.25) is 4.79 Å². The van der Waals surface area contributed by atoms with Crippen molar-refractivity contribution in [2.45, 2.75) is 33.3 Å². The molecular weight excluding hydrogens is 388 g/mol. The van der Waals surface area contributed by atoms with E-state index < -0.39 is 0 Å². The van der Waals surface area contributed by atoms with Gasteiger partial charge in [0, 0.05) is 18.2 Å². The Morgan fingerprint density at radius 2 is 1.97 bits per heavy atom. The van der Waals surface area contributed by atoms with Crippen molar-refractivity contribution in [1.82, 2.24) is 10.5 Å². The molecule has 2 aromatic rings. The summed E-state index contributed by atoms with van der Waals surface area (Å²) in [6.45, 7) is 4.38. The van der Waals surface area contributed by atoms with Crippen LogP contribution in [0.4, 0.5) is 0 Å². The maximum Gasteiger partial charge on any atom is 0.273 e. The normalized spacial score (nSPS) is 14.4. The van der Waals surface area contributed by atoms with Gasteiger partial charge >= 0.3 is 0 Å². The number of hydrogen-bond donors (Lipinski definition) is 1. The average molecular weight is 414 g/mol. The minimum Gasteiger partial charge on any atom is -0.475 e. The van der Waals surface area contributed by atoms with E-state index in [2.05, 4.69) is 20.8 Å². The molecule has 0 atom stereocenters. The molecule has 1 fully saturated rings. The Kier molecular flexibility index (Phi) is 7.05. The Morgan fingerprint density at radius 3 is 2.57 bits per heavy atom. The van der Waals surface area contributed by atoms with Gasteiger partial charge in [0.2, 0.25) is 0 Å². The first kappa shape index (κ1) is 21.4. The molecule has 0 unspecified atom stereocenters. The lowest BCUT2D eigenvalue weighted by Crippen LogP contribution is -2.30. The predicted molar refractivity (Wildman–Crippen MR) is 110 cm³/mol. The fourth-order valence-electron chi connectivity index (χ4n) is 2.80. The van der Waals surface area contributed by atoms with Gasteiger partial charge in [0.25, 0.3) is 11.8 Å². The van der Waals surface area contributed by atoms with Gasteiger partial charge in [-0.25, -0.2) is 0 Å². The van der Waals surface area contributed by atoms with E-state index in [0.29, 0.717) is 29.4 Å². The Labute approximate surface area is 175 Å². The van der Waals surface area contributed by atoms with E-state index in [1.165, 1.54) is 14.2 Å². The summed E-state index contributed by atoms with van der Waals surface area (Å²) in [4.78, 5) is 22.8. The third-order valence-electron chi connectivity index (χ3n) is 4.73. The fraction of sp³-hybridized carbons (Fsp3) is 0.429. The number of benzene rings is 1. The Hall–Kier alpha value is -3.36. The highest BCUT2D eigenvalue weighted by Gasteiger charge is 2.25. The van der Waals surface area contributed by atoms with Crippen LogP contribution in [-0.2, 0) is 25.8 Å². The highest BCUT2D eigenvalue weighted by atomic mass is 16.6. The van der Waals surface area contributed by atoms with Crippen molar-refractivity contribution < 1.29 is 23.7 Å². The topological polar surface area (TPSA) is 108 Å². The van der Waals surface area contributed by atoms with E-state index in [1.807, 2.05) is 19.9 Å². The quantitative estimate of drug-likeness (QED) is 0.384. The molecule has 1 N–H and O–H groups in total. The molecule has 1 aromatic heterocycles. The molecule has 1 aliphatic carbocycles. The molecule has 0 spiro atoms. The van der Waals surface area contributed by atoms with Crippen molar-refractivity contribution in [1.29, 1.82) is 0 Å². The maximum atomic E-state index is 12.3. The fourth-order valence-corrected chi connectivity index (χ4v) is 2.80. The number of aromatic nitrogens is 1. The van der Waals surface area contributed by atoms with E-state index in [-0.39, 0.29) is 24.1 Å². The standard InChI is InChI=1S/C21H26N4O5/c1-13-18(14(2)30-23-13)12-29-25-21(28-11-15-9-10-15)17-8-6-5-7-16(17)19(24-27-4)20(26)22-3/h5-8,15H,9-12H2,1-4H3,(H,22,26). The molecule has 30 heavy (non-hydrogen) atoms. The van der Waals surface area contributed by atoms with Crippen molar-refractivity contribution >= 4 is 17.5 Å². The van der Waals surface area contributed by atoms with E-state index >= 15 is 0 Å². The maximum absolute atomic E-state index is 12.3. The van der Waals surface area contributed by atoms with Crippen LogP contribution in [0.1, 0.15) is 41.0 Å². The van der Waals surface area contributed by atoms with Gasteiger partial charge in [-0.1, -0.05) is 28.5 Å². The van der Waals surface area contributed by atoms with Crippen molar-refractivity contribution in [2.75, 3.05) is 20.8 Å². The summed E-state index contributed by atoms with van der Waals surface area (Å²) in [5.41, 5.74) is 2.80. The number of aryl methyl sites for hydroxylation is 2. The summed E-state index contributed by atoms with van der Waals surface area (Å²) < 4.78 is 11.1. The summed E-state index contributed by atoms with van der Waals surface area (Å²) in [6, 6.07) is 7.19. The van der Waals surface area contributed by atoms with Crippen LogP contribution in [0.3, 0.4) is 0 Å². The molecule has 3 rings (SSSR count). The second-order valence-electron chi connectivity index (χ2n) is 6.97. The first-order valence-corrected chi connectivity index (χ1v) is 9.72. The molecule has 1 amide bonds.